The molecule has 112 valence electrons. The Kier molecular flexibility index (Phi) is 5.79. The molecule has 6 heteroatoms. The molecule has 2 rings (SSSR count). The number of hydrogen-bond donors (Lipinski definition) is 1. The molecule has 0 unspecified atom stereocenters. The van der Waals surface area contributed by atoms with Gasteiger partial charge in [0, 0.05) is 24.2 Å². The predicted octanol–water partition coefficient (Wildman–Crippen LogP) is 2.35. The van der Waals surface area contributed by atoms with E-state index in [1.165, 1.54) is 12.0 Å². The lowest BCUT2D eigenvalue weighted by atomic mass is 9.97. The van der Waals surface area contributed by atoms with Crippen LogP contribution in [0.15, 0.2) is 6.20 Å². The van der Waals surface area contributed by atoms with E-state index in [2.05, 4.69) is 22.1 Å². The first kappa shape index (κ1) is 15.3. The Morgan fingerprint density at radius 3 is 2.95 bits per heavy atom. The van der Waals surface area contributed by atoms with Gasteiger partial charge in [0.05, 0.1) is 13.0 Å². The Morgan fingerprint density at radius 2 is 2.30 bits per heavy atom. The summed E-state index contributed by atoms with van der Waals surface area (Å²) in [6.45, 7) is 5.95. The number of likely N-dealkylation sites (tertiary alicyclic amines) is 1. The van der Waals surface area contributed by atoms with Gasteiger partial charge in [0.1, 0.15) is 0 Å². The molecule has 5 nitrogen and oxygen atoms in total. The monoisotopic (exact) mass is 297 g/mol. The fraction of sp³-hybridized carbons (Fsp3) is 0.714. The molecule has 20 heavy (non-hydrogen) atoms. The third-order valence-electron chi connectivity index (χ3n) is 3.58. The summed E-state index contributed by atoms with van der Waals surface area (Å²) in [5.74, 6) is 0.0213. The van der Waals surface area contributed by atoms with Gasteiger partial charge in [-0.2, -0.15) is 0 Å². The number of piperidine rings is 1. The number of hydrogen-bond acceptors (Lipinski definition) is 6. The Hall–Kier alpha value is -1.14. The molecular weight excluding hydrogens is 274 g/mol. The van der Waals surface area contributed by atoms with E-state index >= 15 is 0 Å². The van der Waals surface area contributed by atoms with Crippen LogP contribution in [-0.4, -0.2) is 42.6 Å². The second-order valence-electron chi connectivity index (χ2n) is 5.13. The van der Waals surface area contributed by atoms with E-state index in [1.54, 1.807) is 11.3 Å². The number of nitrogens with zero attached hydrogens (tertiary/aromatic N) is 2. The third-order valence-corrected chi connectivity index (χ3v) is 4.52. The molecule has 0 aliphatic carbocycles. The molecule has 1 aliphatic heterocycles. The molecular formula is C14H23N3O2S. The lowest BCUT2D eigenvalue weighted by Gasteiger charge is -2.29. The summed E-state index contributed by atoms with van der Waals surface area (Å²) in [6, 6.07) is 0. The summed E-state index contributed by atoms with van der Waals surface area (Å²) in [4.78, 5) is 19.5. The smallest absolute Gasteiger partial charge is 0.308 e. The number of methoxy groups -OCH3 is 1. The highest BCUT2D eigenvalue weighted by Crippen LogP contribution is 2.23. The summed E-state index contributed by atoms with van der Waals surface area (Å²) in [5, 5.41) is 4.32. The van der Waals surface area contributed by atoms with Gasteiger partial charge >= 0.3 is 5.97 Å². The number of ether oxygens (including phenoxy) is 1. The van der Waals surface area contributed by atoms with Gasteiger partial charge in [-0.05, 0) is 32.4 Å². The van der Waals surface area contributed by atoms with Crippen molar-refractivity contribution in [2.75, 3.05) is 32.1 Å². The second-order valence-corrected chi connectivity index (χ2v) is 6.25. The Morgan fingerprint density at radius 1 is 1.55 bits per heavy atom. The Bertz CT molecular complexity index is 428. The minimum atomic E-state index is -0.0616. The standard InChI is InChI=1S/C14H23N3O2S/c1-3-6-15-14-16-9-12(20-14)10-17-7-4-11(5-8-17)13(18)19-2/h9,11H,3-8,10H2,1-2H3,(H,15,16). The number of esters is 1. The summed E-state index contributed by atoms with van der Waals surface area (Å²) in [5.41, 5.74) is 0. The number of carbonyl (C=O) groups excluding carboxylic acids is 1. The topological polar surface area (TPSA) is 54.5 Å². The fourth-order valence-electron chi connectivity index (χ4n) is 2.41. The van der Waals surface area contributed by atoms with Crippen molar-refractivity contribution < 1.29 is 9.53 Å². The van der Waals surface area contributed by atoms with E-state index in [4.69, 9.17) is 4.74 Å². The zero-order valence-corrected chi connectivity index (χ0v) is 13.0. The van der Waals surface area contributed by atoms with Crippen LogP contribution in [0.4, 0.5) is 5.13 Å². The van der Waals surface area contributed by atoms with Crippen LogP contribution in [0.1, 0.15) is 31.1 Å². The summed E-state index contributed by atoms with van der Waals surface area (Å²) in [6.07, 6.45) is 4.85. The number of carbonyl (C=O) groups is 1. The lowest BCUT2D eigenvalue weighted by Crippen LogP contribution is -2.36. The third kappa shape index (κ3) is 4.18. The number of nitrogens with one attached hydrogen (secondary N) is 1. The van der Waals surface area contributed by atoms with E-state index in [0.29, 0.717) is 0 Å². The van der Waals surface area contributed by atoms with Crippen LogP contribution in [0.3, 0.4) is 0 Å². The van der Waals surface area contributed by atoms with Crippen LogP contribution in [0.25, 0.3) is 0 Å². The van der Waals surface area contributed by atoms with Crippen molar-refractivity contribution in [1.82, 2.24) is 9.88 Å². The highest BCUT2D eigenvalue weighted by molar-refractivity contribution is 7.15. The SMILES string of the molecule is CCCNc1ncc(CN2CCC(C(=O)OC)CC2)s1. The number of thiazole rings is 1. The van der Waals surface area contributed by atoms with Crippen molar-refractivity contribution in [2.24, 2.45) is 5.92 Å². The fourth-order valence-corrected chi connectivity index (χ4v) is 3.29. The number of aromatic nitrogens is 1. The zero-order chi connectivity index (χ0) is 14.4. The van der Waals surface area contributed by atoms with E-state index in [1.807, 2.05) is 6.20 Å². The molecule has 0 bridgehead atoms. The van der Waals surface area contributed by atoms with Gasteiger partial charge in [0.15, 0.2) is 5.13 Å². The summed E-state index contributed by atoms with van der Waals surface area (Å²) in [7, 11) is 1.47. The average molecular weight is 297 g/mol. The molecule has 1 aliphatic rings. The molecule has 0 radical (unpaired) electrons. The Labute approximate surface area is 124 Å². The van der Waals surface area contributed by atoms with Gasteiger partial charge in [-0.1, -0.05) is 6.92 Å². The minimum absolute atomic E-state index is 0.0616. The zero-order valence-electron chi connectivity index (χ0n) is 12.2. The molecule has 2 heterocycles. The largest absolute Gasteiger partial charge is 0.469 e. The van der Waals surface area contributed by atoms with Crippen molar-refractivity contribution in [2.45, 2.75) is 32.7 Å². The first-order valence-electron chi connectivity index (χ1n) is 7.21. The van der Waals surface area contributed by atoms with Crippen LogP contribution in [0.5, 0.6) is 0 Å². The highest BCUT2D eigenvalue weighted by Gasteiger charge is 2.25. The second kappa shape index (κ2) is 7.59. The first-order valence-corrected chi connectivity index (χ1v) is 8.03. The van der Waals surface area contributed by atoms with Crippen LogP contribution in [0, 0.1) is 5.92 Å². The number of rotatable bonds is 6. The van der Waals surface area contributed by atoms with Gasteiger partial charge in [0.25, 0.3) is 0 Å². The van der Waals surface area contributed by atoms with Gasteiger partial charge in [-0.25, -0.2) is 4.98 Å². The molecule has 0 saturated carbocycles. The average Bonchev–Trinajstić information content (AvgIpc) is 2.92. The molecule has 1 saturated heterocycles. The molecule has 1 N–H and O–H groups in total. The van der Waals surface area contributed by atoms with Crippen molar-refractivity contribution >= 4 is 22.4 Å². The summed E-state index contributed by atoms with van der Waals surface area (Å²) < 4.78 is 4.81. The maximum Gasteiger partial charge on any atom is 0.308 e. The van der Waals surface area contributed by atoms with Crippen molar-refractivity contribution in [3.8, 4) is 0 Å². The highest BCUT2D eigenvalue weighted by atomic mass is 32.1. The molecule has 1 fully saturated rings. The van der Waals surface area contributed by atoms with E-state index in [-0.39, 0.29) is 11.9 Å². The maximum atomic E-state index is 11.5. The molecule has 0 atom stereocenters. The minimum Gasteiger partial charge on any atom is -0.469 e. The predicted molar refractivity (Wildman–Crippen MR) is 80.9 cm³/mol. The van der Waals surface area contributed by atoms with Crippen molar-refractivity contribution in [3.05, 3.63) is 11.1 Å². The summed E-state index contributed by atoms with van der Waals surface area (Å²) >= 11 is 1.72. The van der Waals surface area contributed by atoms with Gasteiger partial charge in [0.2, 0.25) is 0 Å². The quantitative estimate of drug-likeness (QED) is 0.817. The lowest BCUT2D eigenvalue weighted by molar-refractivity contribution is -0.147. The van der Waals surface area contributed by atoms with E-state index in [0.717, 1.165) is 50.6 Å². The van der Waals surface area contributed by atoms with Crippen LogP contribution in [0.2, 0.25) is 0 Å². The van der Waals surface area contributed by atoms with Crippen LogP contribution in [-0.2, 0) is 16.1 Å². The van der Waals surface area contributed by atoms with Gasteiger partial charge < -0.3 is 10.1 Å². The van der Waals surface area contributed by atoms with Crippen LogP contribution >= 0.6 is 11.3 Å². The van der Waals surface area contributed by atoms with E-state index in [9.17, 15) is 4.79 Å². The normalized spacial score (nSPS) is 17.1. The molecule has 1 aromatic rings. The molecule has 0 amide bonds. The Balaban J connectivity index is 1.77. The van der Waals surface area contributed by atoms with Gasteiger partial charge in [-0.3, -0.25) is 9.69 Å². The molecule has 1 aromatic heterocycles. The van der Waals surface area contributed by atoms with Gasteiger partial charge in [-0.15, -0.1) is 11.3 Å². The first-order chi connectivity index (χ1) is 9.72. The van der Waals surface area contributed by atoms with E-state index < -0.39 is 0 Å². The van der Waals surface area contributed by atoms with Crippen LogP contribution < -0.4 is 5.32 Å². The molecule has 0 spiro atoms. The van der Waals surface area contributed by atoms with Crippen molar-refractivity contribution in [3.63, 3.8) is 0 Å². The number of anilines is 1. The molecule has 0 aromatic carbocycles. The van der Waals surface area contributed by atoms with Crippen molar-refractivity contribution in [1.29, 1.82) is 0 Å². The maximum absolute atomic E-state index is 11.5.